The van der Waals surface area contributed by atoms with Gasteiger partial charge in [0, 0.05) is 25.7 Å². The highest BCUT2D eigenvalue weighted by atomic mass is 16.5. The van der Waals surface area contributed by atoms with Crippen LogP contribution in [0.4, 0.5) is 4.79 Å². The Balaban J connectivity index is 1.81. The van der Waals surface area contributed by atoms with E-state index in [4.69, 9.17) is 4.74 Å². The molecule has 0 aromatic rings. The lowest BCUT2D eigenvalue weighted by Crippen LogP contribution is -2.48. The van der Waals surface area contributed by atoms with Crippen LogP contribution in [0.1, 0.15) is 34.1 Å². The first-order valence-corrected chi connectivity index (χ1v) is 7.31. The molecule has 2 aliphatic heterocycles. The molecule has 20 heavy (non-hydrogen) atoms. The van der Waals surface area contributed by atoms with Gasteiger partial charge in [-0.25, -0.2) is 4.79 Å². The molecule has 6 heteroatoms. The van der Waals surface area contributed by atoms with Crippen LogP contribution in [0.2, 0.25) is 0 Å². The molecule has 0 aromatic carbocycles. The van der Waals surface area contributed by atoms with E-state index >= 15 is 0 Å². The summed E-state index contributed by atoms with van der Waals surface area (Å²) in [5.74, 6) is -0.133. The average molecular weight is 283 g/mol. The van der Waals surface area contributed by atoms with Crippen LogP contribution in [-0.2, 0) is 9.53 Å². The van der Waals surface area contributed by atoms with Crippen molar-refractivity contribution in [3.63, 3.8) is 0 Å². The lowest BCUT2D eigenvalue weighted by Gasteiger charge is -2.36. The Kier molecular flexibility index (Phi) is 4.34. The largest absolute Gasteiger partial charge is 0.376 e. The Labute approximate surface area is 120 Å². The number of rotatable bonds is 4. The second-order valence-corrected chi connectivity index (χ2v) is 6.35. The van der Waals surface area contributed by atoms with Gasteiger partial charge in [0.2, 0.25) is 0 Å². The number of carbonyl (C=O) groups is 2. The molecule has 2 fully saturated rings. The van der Waals surface area contributed by atoms with Crippen LogP contribution < -0.4 is 5.32 Å². The zero-order valence-corrected chi connectivity index (χ0v) is 12.8. The Morgan fingerprint density at radius 2 is 2.00 bits per heavy atom. The summed E-state index contributed by atoms with van der Waals surface area (Å²) in [5, 5.41) is 2.70. The van der Waals surface area contributed by atoms with Gasteiger partial charge in [0.25, 0.3) is 5.91 Å². The molecule has 0 saturated carbocycles. The Morgan fingerprint density at radius 3 is 2.60 bits per heavy atom. The fraction of sp³-hybridized carbons (Fsp3) is 0.857. The molecule has 0 spiro atoms. The van der Waals surface area contributed by atoms with Gasteiger partial charge in [-0.15, -0.1) is 0 Å². The molecule has 2 atom stereocenters. The molecule has 2 heterocycles. The fourth-order valence-electron chi connectivity index (χ4n) is 2.74. The standard InChI is InChI=1S/C14H25N3O3/c1-10-9-20-11(2)8-16(10)6-5-7-17-12(18)14(3,4)15-13(17)19/h10-11H,5-9H2,1-4H3,(H,15,19). The van der Waals surface area contributed by atoms with Gasteiger partial charge >= 0.3 is 6.03 Å². The number of nitrogens with one attached hydrogen (secondary N) is 1. The van der Waals surface area contributed by atoms with Gasteiger partial charge < -0.3 is 10.1 Å². The van der Waals surface area contributed by atoms with Crippen molar-refractivity contribution in [2.75, 3.05) is 26.2 Å². The summed E-state index contributed by atoms with van der Waals surface area (Å²) >= 11 is 0. The van der Waals surface area contributed by atoms with Gasteiger partial charge in [-0.1, -0.05) is 0 Å². The summed E-state index contributed by atoms with van der Waals surface area (Å²) in [5.41, 5.74) is -0.766. The maximum absolute atomic E-state index is 12.0. The number of morpholine rings is 1. The molecule has 0 radical (unpaired) electrons. The molecule has 0 aromatic heterocycles. The normalized spacial score (nSPS) is 30.7. The monoisotopic (exact) mass is 283 g/mol. The van der Waals surface area contributed by atoms with E-state index in [1.54, 1.807) is 13.8 Å². The summed E-state index contributed by atoms with van der Waals surface area (Å²) < 4.78 is 5.59. The number of hydrogen-bond acceptors (Lipinski definition) is 4. The number of urea groups is 1. The van der Waals surface area contributed by atoms with Crippen LogP contribution >= 0.6 is 0 Å². The zero-order valence-electron chi connectivity index (χ0n) is 12.8. The van der Waals surface area contributed by atoms with Crippen LogP contribution in [0, 0.1) is 0 Å². The smallest absolute Gasteiger partial charge is 0.325 e. The van der Waals surface area contributed by atoms with Gasteiger partial charge in [-0.05, 0) is 34.1 Å². The lowest BCUT2D eigenvalue weighted by molar-refractivity contribution is -0.130. The number of imide groups is 1. The number of hydrogen-bond donors (Lipinski definition) is 1. The second kappa shape index (κ2) is 5.69. The molecule has 2 aliphatic rings. The third-order valence-electron chi connectivity index (χ3n) is 4.01. The number of amides is 3. The van der Waals surface area contributed by atoms with Crippen molar-refractivity contribution in [3.8, 4) is 0 Å². The van der Waals surface area contributed by atoms with Gasteiger partial charge in [0.1, 0.15) is 5.54 Å². The molecule has 2 saturated heterocycles. The maximum atomic E-state index is 12.0. The first-order chi connectivity index (χ1) is 9.31. The van der Waals surface area contributed by atoms with E-state index in [2.05, 4.69) is 24.1 Å². The highest BCUT2D eigenvalue weighted by Crippen LogP contribution is 2.17. The molecule has 0 aliphatic carbocycles. The summed E-state index contributed by atoms with van der Waals surface area (Å²) in [6, 6.07) is 0.120. The maximum Gasteiger partial charge on any atom is 0.325 e. The fourth-order valence-corrected chi connectivity index (χ4v) is 2.74. The van der Waals surface area contributed by atoms with E-state index in [0.29, 0.717) is 12.6 Å². The molecule has 3 amide bonds. The third kappa shape index (κ3) is 3.12. The van der Waals surface area contributed by atoms with Crippen molar-refractivity contribution >= 4 is 11.9 Å². The molecule has 0 bridgehead atoms. The van der Waals surface area contributed by atoms with Crippen LogP contribution in [0.25, 0.3) is 0 Å². The average Bonchev–Trinajstić information content (AvgIpc) is 2.55. The van der Waals surface area contributed by atoms with E-state index in [9.17, 15) is 9.59 Å². The Bertz CT molecular complexity index is 397. The zero-order chi connectivity index (χ0) is 14.9. The van der Waals surface area contributed by atoms with Crippen molar-refractivity contribution in [2.45, 2.75) is 51.8 Å². The van der Waals surface area contributed by atoms with E-state index in [1.165, 1.54) is 4.90 Å². The molecular weight excluding hydrogens is 258 g/mol. The number of carbonyl (C=O) groups excluding carboxylic acids is 2. The summed E-state index contributed by atoms with van der Waals surface area (Å²) in [6.45, 7) is 10.7. The minimum absolute atomic E-state index is 0.133. The molecule has 2 rings (SSSR count). The van der Waals surface area contributed by atoms with Crippen LogP contribution in [0.3, 0.4) is 0 Å². The SMILES string of the molecule is CC1CN(CCCN2C(=O)NC(C)(C)C2=O)C(C)CO1. The van der Waals surface area contributed by atoms with E-state index in [1.807, 2.05) is 0 Å². The Hall–Kier alpha value is -1.14. The topological polar surface area (TPSA) is 61.9 Å². The highest BCUT2D eigenvalue weighted by Gasteiger charge is 2.43. The minimum Gasteiger partial charge on any atom is -0.376 e. The molecule has 114 valence electrons. The molecule has 2 unspecified atom stereocenters. The van der Waals surface area contributed by atoms with Gasteiger partial charge in [0.15, 0.2) is 0 Å². The minimum atomic E-state index is -0.766. The van der Waals surface area contributed by atoms with Crippen molar-refractivity contribution < 1.29 is 14.3 Å². The van der Waals surface area contributed by atoms with Crippen molar-refractivity contribution in [3.05, 3.63) is 0 Å². The molecule has 1 N–H and O–H groups in total. The van der Waals surface area contributed by atoms with Crippen molar-refractivity contribution in [1.29, 1.82) is 0 Å². The first-order valence-electron chi connectivity index (χ1n) is 7.31. The van der Waals surface area contributed by atoms with Gasteiger partial charge in [-0.2, -0.15) is 0 Å². The van der Waals surface area contributed by atoms with E-state index < -0.39 is 5.54 Å². The molecule has 6 nitrogen and oxygen atoms in total. The Morgan fingerprint density at radius 1 is 1.30 bits per heavy atom. The lowest BCUT2D eigenvalue weighted by atomic mass is 10.1. The van der Waals surface area contributed by atoms with E-state index in [0.717, 1.165) is 26.1 Å². The summed E-state index contributed by atoms with van der Waals surface area (Å²) in [7, 11) is 0. The predicted molar refractivity (Wildman–Crippen MR) is 75.4 cm³/mol. The van der Waals surface area contributed by atoms with Crippen LogP contribution in [0.15, 0.2) is 0 Å². The third-order valence-corrected chi connectivity index (χ3v) is 4.01. The first kappa shape index (κ1) is 15.3. The highest BCUT2D eigenvalue weighted by molar-refractivity contribution is 6.06. The van der Waals surface area contributed by atoms with E-state index in [-0.39, 0.29) is 18.0 Å². The van der Waals surface area contributed by atoms with Crippen LogP contribution in [0.5, 0.6) is 0 Å². The van der Waals surface area contributed by atoms with Crippen molar-refractivity contribution in [2.24, 2.45) is 0 Å². The summed E-state index contributed by atoms with van der Waals surface area (Å²) in [6.07, 6.45) is 1.05. The van der Waals surface area contributed by atoms with Crippen molar-refractivity contribution in [1.82, 2.24) is 15.1 Å². The second-order valence-electron chi connectivity index (χ2n) is 6.35. The predicted octanol–water partition coefficient (Wildman–Crippen LogP) is 0.816. The quantitative estimate of drug-likeness (QED) is 0.776. The van der Waals surface area contributed by atoms with Gasteiger partial charge in [-0.3, -0.25) is 14.6 Å². The van der Waals surface area contributed by atoms with Gasteiger partial charge in [0.05, 0.1) is 12.7 Å². The number of ether oxygens (including phenoxy) is 1. The van der Waals surface area contributed by atoms with Crippen LogP contribution in [-0.4, -0.2) is 65.7 Å². The molecular formula is C14H25N3O3. The summed E-state index contributed by atoms with van der Waals surface area (Å²) in [4.78, 5) is 27.5. The number of nitrogens with zero attached hydrogens (tertiary/aromatic N) is 2.